The van der Waals surface area contributed by atoms with Crippen molar-refractivity contribution < 1.29 is 9.90 Å². The van der Waals surface area contributed by atoms with E-state index in [1.54, 1.807) is 30.3 Å². The molecular weight excluding hydrogens is 196 g/mol. The molecule has 0 atom stereocenters. The minimum Gasteiger partial charge on any atom is -0.510 e. The van der Waals surface area contributed by atoms with Gasteiger partial charge < -0.3 is 10.4 Å². The van der Waals surface area contributed by atoms with Gasteiger partial charge in [0.1, 0.15) is 5.76 Å². The fraction of sp³-hybridized carbons (Fsp3) is 0.100. The maximum Gasteiger partial charge on any atom is 0.281 e. The van der Waals surface area contributed by atoms with E-state index in [-0.39, 0.29) is 0 Å². The summed E-state index contributed by atoms with van der Waals surface area (Å²) in [5, 5.41) is 13.9. The van der Waals surface area contributed by atoms with Gasteiger partial charge in [0.2, 0.25) is 5.70 Å². The van der Waals surface area contributed by atoms with E-state index in [0.717, 1.165) is 0 Å². The monoisotopic (exact) mass is 206 g/mol. The van der Waals surface area contributed by atoms with Gasteiger partial charge in [0.25, 0.3) is 5.91 Å². The zero-order chi connectivity index (χ0) is 11.3. The summed E-state index contributed by atoms with van der Waals surface area (Å²) in [4.78, 5) is 21.6. The zero-order valence-corrected chi connectivity index (χ0v) is 8.10. The molecule has 2 N–H and O–H groups in total. The normalized spacial score (nSPS) is 11.5. The predicted octanol–water partition coefficient (Wildman–Crippen LogP) is 2.18. The summed E-state index contributed by atoms with van der Waals surface area (Å²) >= 11 is 0. The first-order chi connectivity index (χ1) is 7.15. The van der Waals surface area contributed by atoms with E-state index in [1.165, 1.54) is 6.92 Å². The lowest BCUT2D eigenvalue weighted by atomic mass is 10.3. The lowest BCUT2D eigenvalue weighted by molar-refractivity contribution is -0.113. The molecule has 78 valence electrons. The first kappa shape index (κ1) is 10.9. The van der Waals surface area contributed by atoms with Crippen molar-refractivity contribution in [3.63, 3.8) is 0 Å². The van der Waals surface area contributed by atoms with Gasteiger partial charge in [0, 0.05) is 5.69 Å². The molecule has 0 radical (unpaired) electrons. The van der Waals surface area contributed by atoms with Gasteiger partial charge in [-0.2, -0.15) is 0 Å². The third kappa shape index (κ3) is 2.91. The Bertz CT molecular complexity index is 394. The number of nitrogens with zero attached hydrogens (tertiary/aromatic N) is 1. The molecule has 1 amide bonds. The second-order valence-electron chi connectivity index (χ2n) is 2.85. The summed E-state index contributed by atoms with van der Waals surface area (Å²) in [7, 11) is 0. The Morgan fingerprint density at radius 3 is 2.40 bits per heavy atom. The molecule has 15 heavy (non-hydrogen) atoms. The molecule has 0 unspecified atom stereocenters. The number of aliphatic hydroxyl groups is 1. The van der Waals surface area contributed by atoms with Crippen LogP contribution in [-0.2, 0) is 4.79 Å². The number of benzene rings is 1. The molecule has 5 nitrogen and oxygen atoms in total. The molecule has 5 heteroatoms. The van der Waals surface area contributed by atoms with Crippen molar-refractivity contribution >= 4 is 11.6 Å². The largest absolute Gasteiger partial charge is 0.510 e. The van der Waals surface area contributed by atoms with Crippen LogP contribution in [0.3, 0.4) is 0 Å². The van der Waals surface area contributed by atoms with Gasteiger partial charge in [0.15, 0.2) is 0 Å². The van der Waals surface area contributed by atoms with Crippen LogP contribution in [0.15, 0.2) is 47.0 Å². The van der Waals surface area contributed by atoms with E-state index in [0.29, 0.717) is 5.69 Å². The van der Waals surface area contributed by atoms with Crippen molar-refractivity contribution in [2.45, 2.75) is 6.92 Å². The van der Waals surface area contributed by atoms with Crippen molar-refractivity contribution in [2.75, 3.05) is 5.32 Å². The number of anilines is 1. The molecule has 0 fully saturated rings. The predicted molar refractivity (Wildman–Crippen MR) is 56.2 cm³/mol. The van der Waals surface area contributed by atoms with Gasteiger partial charge >= 0.3 is 0 Å². The number of nitroso groups, excluding NO2 is 1. The summed E-state index contributed by atoms with van der Waals surface area (Å²) in [5.41, 5.74) is 0.0174. The molecule has 0 bridgehead atoms. The maximum absolute atomic E-state index is 11.4. The Balaban J connectivity index is 2.81. The molecule has 0 aliphatic heterocycles. The van der Waals surface area contributed by atoms with E-state index in [9.17, 15) is 9.70 Å². The molecule has 0 heterocycles. The first-order valence-corrected chi connectivity index (χ1v) is 4.24. The molecule has 1 aromatic rings. The SMILES string of the molecule is C/C(O)=C(\N=O)C(=O)Nc1ccccc1. The summed E-state index contributed by atoms with van der Waals surface area (Å²) in [6.07, 6.45) is 0. The van der Waals surface area contributed by atoms with Gasteiger partial charge in [-0.25, -0.2) is 0 Å². The molecule has 0 saturated heterocycles. The van der Waals surface area contributed by atoms with Gasteiger partial charge in [-0.15, -0.1) is 4.91 Å². The number of rotatable bonds is 3. The van der Waals surface area contributed by atoms with E-state index < -0.39 is 17.4 Å². The standard InChI is InChI=1S/C10H10N2O3/c1-7(13)9(12-15)10(14)11-8-5-3-2-4-6-8/h2-6,13H,1H3,(H,11,14)/b9-7+. The zero-order valence-electron chi connectivity index (χ0n) is 8.10. The van der Waals surface area contributed by atoms with E-state index in [1.807, 2.05) is 0 Å². The summed E-state index contributed by atoms with van der Waals surface area (Å²) in [6, 6.07) is 8.58. The maximum atomic E-state index is 11.4. The van der Waals surface area contributed by atoms with Crippen molar-refractivity contribution in [1.82, 2.24) is 0 Å². The Morgan fingerprint density at radius 2 is 1.93 bits per heavy atom. The third-order valence-electron chi connectivity index (χ3n) is 1.68. The average Bonchev–Trinajstić information content (AvgIpc) is 2.19. The smallest absolute Gasteiger partial charge is 0.281 e. The van der Waals surface area contributed by atoms with Crippen molar-refractivity contribution in [3.8, 4) is 0 Å². The van der Waals surface area contributed by atoms with Crippen LogP contribution < -0.4 is 5.32 Å². The Kier molecular flexibility index (Phi) is 3.56. The van der Waals surface area contributed by atoms with Crippen LogP contribution in [0, 0.1) is 4.91 Å². The highest BCUT2D eigenvalue weighted by Crippen LogP contribution is 2.09. The molecular formula is C10H10N2O3. The van der Waals surface area contributed by atoms with Gasteiger partial charge in [-0.3, -0.25) is 4.79 Å². The van der Waals surface area contributed by atoms with E-state index in [4.69, 9.17) is 5.11 Å². The quantitative estimate of drug-likeness (QED) is 0.452. The highest BCUT2D eigenvalue weighted by Gasteiger charge is 2.13. The minimum atomic E-state index is -0.726. The topological polar surface area (TPSA) is 78.8 Å². The molecule has 0 aromatic heterocycles. The highest BCUT2D eigenvalue weighted by molar-refractivity contribution is 6.03. The molecule has 0 aliphatic rings. The van der Waals surface area contributed by atoms with Crippen LogP contribution in [0.25, 0.3) is 0 Å². The summed E-state index contributed by atoms with van der Waals surface area (Å²) < 4.78 is 0. The number of para-hydroxylation sites is 1. The molecule has 0 aliphatic carbocycles. The van der Waals surface area contributed by atoms with Crippen LogP contribution in [0.5, 0.6) is 0 Å². The van der Waals surface area contributed by atoms with Gasteiger partial charge in [-0.1, -0.05) is 18.2 Å². The number of aliphatic hydroxyl groups excluding tert-OH is 1. The second-order valence-corrected chi connectivity index (χ2v) is 2.85. The van der Waals surface area contributed by atoms with Gasteiger partial charge in [0.05, 0.1) is 0 Å². The average molecular weight is 206 g/mol. The number of amides is 1. The number of hydrogen-bond acceptors (Lipinski definition) is 4. The minimum absolute atomic E-state index is 0.404. The summed E-state index contributed by atoms with van der Waals surface area (Å²) in [5.74, 6) is -1.13. The molecule has 0 spiro atoms. The van der Waals surface area contributed by atoms with Crippen LogP contribution in [0.1, 0.15) is 6.92 Å². The summed E-state index contributed by atoms with van der Waals surface area (Å²) in [6.45, 7) is 1.22. The van der Waals surface area contributed by atoms with E-state index >= 15 is 0 Å². The third-order valence-corrected chi connectivity index (χ3v) is 1.68. The van der Waals surface area contributed by atoms with Crippen LogP contribution >= 0.6 is 0 Å². The van der Waals surface area contributed by atoms with Crippen molar-refractivity contribution in [2.24, 2.45) is 5.18 Å². The lowest BCUT2D eigenvalue weighted by Crippen LogP contribution is -2.14. The number of carbonyl (C=O) groups is 1. The lowest BCUT2D eigenvalue weighted by Gasteiger charge is -2.03. The Morgan fingerprint density at radius 1 is 1.33 bits per heavy atom. The van der Waals surface area contributed by atoms with Crippen LogP contribution in [0.2, 0.25) is 0 Å². The van der Waals surface area contributed by atoms with Crippen LogP contribution in [-0.4, -0.2) is 11.0 Å². The van der Waals surface area contributed by atoms with E-state index in [2.05, 4.69) is 10.5 Å². The second kappa shape index (κ2) is 4.90. The number of carbonyl (C=O) groups excluding carboxylic acids is 1. The molecule has 1 aromatic carbocycles. The van der Waals surface area contributed by atoms with Crippen LogP contribution in [0.4, 0.5) is 5.69 Å². The number of allylic oxidation sites excluding steroid dienone is 1. The Labute approximate surface area is 86.4 Å². The number of hydrogen-bond donors (Lipinski definition) is 2. The first-order valence-electron chi connectivity index (χ1n) is 4.24. The van der Waals surface area contributed by atoms with Crippen molar-refractivity contribution in [1.29, 1.82) is 0 Å². The molecule has 0 saturated carbocycles. The van der Waals surface area contributed by atoms with Crippen molar-refractivity contribution in [3.05, 3.63) is 46.7 Å². The molecule has 1 rings (SSSR count). The van der Waals surface area contributed by atoms with Gasteiger partial charge in [-0.05, 0) is 24.2 Å². The fourth-order valence-electron chi connectivity index (χ4n) is 0.984. The number of nitrogens with one attached hydrogen (secondary N) is 1. The fourth-order valence-corrected chi connectivity index (χ4v) is 0.984. The Hall–Kier alpha value is -2.17. The highest BCUT2D eigenvalue weighted by atomic mass is 16.3.